The van der Waals surface area contributed by atoms with Crippen LogP contribution in [-0.4, -0.2) is 67.4 Å². The highest BCUT2D eigenvalue weighted by molar-refractivity contribution is 5.97. The van der Waals surface area contributed by atoms with E-state index in [9.17, 15) is 28.0 Å². The molecule has 190 valence electrons. The Morgan fingerprint density at radius 2 is 1.94 bits per heavy atom. The minimum absolute atomic E-state index is 0.195. The fourth-order valence-electron chi connectivity index (χ4n) is 5.63. The second kappa shape index (κ2) is 8.51. The molecule has 3 fully saturated rings. The molecule has 3 aliphatic rings. The van der Waals surface area contributed by atoms with Gasteiger partial charge < -0.3 is 14.5 Å². The number of aromatic nitrogens is 1. The number of anilines is 1. The van der Waals surface area contributed by atoms with E-state index in [1.54, 1.807) is 18.2 Å². The Balaban J connectivity index is 1.33. The average molecular weight is 502 g/mol. The van der Waals surface area contributed by atoms with Crippen molar-refractivity contribution in [3.8, 4) is 6.07 Å². The third-order valence-electron chi connectivity index (χ3n) is 7.72. The fraction of sp³-hybridized carbons (Fsp3) is 0.500. The number of benzene rings is 1. The minimum Gasteiger partial charge on any atom is -0.445 e. The van der Waals surface area contributed by atoms with Crippen molar-refractivity contribution in [3.63, 3.8) is 0 Å². The van der Waals surface area contributed by atoms with E-state index in [4.69, 9.17) is 4.74 Å². The summed E-state index contributed by atoms with van der Waals surface area (Å²) in [4.78, 5) is 33.1. The number of fused-ring (bicyclic) bond motifs is 2. The highest BCUT2D eigenvalue weighted by Gasteiger charge is 2.86. The summed E-state index contributed by atoms with van der Waals surface area (Å²) in [5.74, 6) is -0.904. The Kier molecular flexibility index (Phi) is 5.70. The Hall–Kier alpha value is -3.59. The number of hydrogen-bond donors (Lipinski definition) is 2. The number of piperidine rings is 2. The van der Waals surface area contributed by atoms with Gasteiger partial charge in [0.2, 0.25) is 5.91 Å². The second-order valence-electron chi connectivity index (χ2n) is 9.83. The van der Waals surface area contributed by atoms with Gasteiger partial charge in [0.15, 0.2) is 0 Å². The summed E-state index contributed by atoms with van der Waals surface area (Å²) in [6, 6.07) is 8.48. The lowest BCUT2D eigenvalue weighted by Crippen LogP contribution is -2.49. The maximum absolute atomic E-state index is 14.3. The number of hydrogen-bond acceptors (Lipinski definition) is 7. The van der Waals surface area contributed by atoms with Crippen LogP contribution in [0, 0.1) is 22.2 Å². The Morgan fingerprint density at radius 3 is 2.64 bits per heavy atom. The fourth-order valence-corrected chi connectivity index (χ4v) is 5.63. The maximum atomic E-state index is 14.3. The maximum Gasteiger partial charge on any atom is 0.426 e. The first-order valence-corrected chi connectivity index (χ1v) is 11.7. The van der Waals surface area contributed by atoms with Gasteiger partial charge in [-0.2, -0.15) is 18.4 Å². The number of pyridine rings is 1. The summed E-state index contributed by atoms with van der Waals surface area (Å²) in [6.45, 7) is 0.910. The van der Waals surface area contributed by atoms with E-state index in [1.165, 1.54) is 17.2 Å². The molecule has 9 nitrogen and oxygen atoms in total. The van der Waals surface area contributed by atoms with Crippen molar-refractivity contribution in [1.82, 2.24) is 20.7 Å². The average Bonchev–Trinajstić information content (AvgIpc) is 3.40. The zero-order chi connectivity index (χ0) is 25.7. The van der Waals surface area contributed by atoms with Gasteiger partial charge in [-0.05, 0) is 50.6 Å². The molecule has 2 N–H and O–H groups in total. The number of ether oxygens (including phenoxy) is 1. The number of carbonyl (C=O) groups excluding carboxylic acids is 2. The van der Waals surface area contributed by atoms with Crippen LogP contribution in [0.4, 0.5) is 23.7 Å². The molecule has 2 atom stereocenters. The van der Waals surface area contributed by atoms with Crippen LogP contribution in [0.1, 0.15) is 24.8 Å². The SMILES string of the molecule is CN1CCC(OC(=O)NNC(=O)[C@]23CN(c4ccc(C#N)c5ncccc45)C[C@@]2(C(F)(F)F)C3)CC1. The first kappa shape index (κ1) is 24.1. The summed E-state index contributed by atoms with van der Waals surface area (Å²) < 4.78 is 48.1. The molecule has 5 rings (SSSR count). The molecule has 1 aliphatic carbocycles. The number of nitriles is 1. The first-order chi connectivity index (χ1) is 17.1. The minimum atomic E-state index is -4.63. The molecule has 0 unspecified atom stereocenters. The molecule has 0 bridgehead atoms. The van der Waals surface area contributed by atoms with E-state index >= 15 is 0 Å². The van der Waals surface area contributed by atoms with Crippen molar-refractivity contribution in [2.24, 2.45) is 10.8 Å². The highest BCUT2D eigenvalue weighted by atomic mass is 19.4. The molecule has 36 heavy (non-hydrogen) atoms. The molecule has 2 aromatic rings. The second-order valence-corrected chi connectivity index (χ2v) is 9.83. The predicted molar refractivity (Wildman–Crippen MR) is 122 cm³/mol. The van der Waals surface area contributed by atoms with Gasteiger partial charge in [0.1, 0.15) is 17.6 Å². The monoisotopic (exact) mass is 502 g/mol. The van der Waals surface area contributed by atoms with Crippen molar-refractivity contribution in [3.05, 3.63) is 36.0 Å². The summed E-state index contributed by atoms with van der Waals surface area (Å²) in [6.07, 6.45) is -3.42. The molecule has 1 saturated carbocycles. The van der Waals surface area contributed by atoms with Crippen LogP contribution in [0.25, 0.3) is 10.9 Å². The molecule has 1 aromatic heterocycles. The van der Waals surface area contributed by atoms with Crippen LogP contribution in [0.3, 0.4) is 0 Å². The Bertz CT molecular complexity index is 1260. The Morgan fingerprint density at radius 1 is 1.19 bits per heavy atom. The van der Waals surface area contributed by atoms with Gasteiger partial charge in [-0.15, -0.1) is 0 Å². The van der Waals surface area contributed by atoms with Crippen LogP contribution >= 0.6 is 0 Å². The smallest absolute Gasteiger partial charge is 0.426 e. The number of alkyl halides is 3. The van der Waals surface area contributed by atoms with E-state index in [1.807, 2.05) is 13.1 Å². The van der Waals surface area contributed by atoms with Gasteiger partial charge in [0, 0.05) is 43.4 Å². The number of hydrazine groups is 1. The van der Waals surface area contributed by atoms with E-state index in [-0.39, 0.29) is 19.1 Å². The molecule has 0 radical (unpaired) electrons. The largest absolute Gasteiger partial charge is 0.445 e. The number of likely N-dealkylation sites (tertiary alicyclic amines) is 1. The topological polar surface area (TPSA) is 111 Å². The third kappa shape index (κ3) is 3.78. The number of rotatable bonds is 3. The van der Waals surface area contributed by atoms with Gasteiger partial charge in [-0.1, -0.05) is 0 Å². The third-order valence-corrected chi connectivity index (χ3v) is 7.72. The van der Waals surface area contributed by atoms with Crippen LogP contribution in [0.15, 0.2) is 30.5 Å². The van der Waals surface area contributed by atoms with Crippen molar-refractivity contribution in [1.29, 1.82) is 5.26 Å². The molecular formula is C24H25F3N6O3. The van der Waals surface area contributed by atoms with Crippen molar-refractivity contribution >= 4 is 28.6 Å². The van der Waals surface area contributed by atoms with E-state index < -0.39 is 35.6 Å². The summed E-state index contributed by atoms with van der Waals surface area (Å²) in [5, 5.41) is 9.90. The molecular weight excluding hydrogens is 477 g/mol. The summed E-state index contributed by atoms with van der Waals surface area (Å²) >= 11 is 0. The van der Waals surface area contributed by atoms with E-state index in [0.717, 1.165) is 13.1 Å². The lowest BCUT2D eigenvalue weighted by atomic mass is 9.95. The van der Waals surface area contributed by atoms with Gasteiger partial charge in [-0.3, -0.25) is 15.2 Å². The lowest BCUT2D eigenvalue weighted by molar-refractivity contribution is -0.191. The molecule has 3 heterocycles. The van der Waals surface area contributed by atoms with Gasteiger partial charge >= 0.3 is 12.3 Å². The summed E-state index contributed by atoms with van der Waals surface area (Å²) in [5.41, 5.74) is 1.47. The van der Waals surface area contributed by atoms with Gasteiger partial charge in [0.25, 0.3) is 0 Å². The standard InChI is InChI=1S/C24H25F3N6O3/c1-32-9-6-16(7-10-32)36-21(35)31-30-20(34)22-12-23(22,24(25,26)27)14-33(13-22)18-5-4-15(11-28)19-17(18)3-2-8-29-19/h2-5,8,16H,6-7,9-10,12-14H2,1H3,(H,30,34)(H,31,35)/t22-,23-/m0/s1. The number of halogens is 3. The van der Waals surface area contributed by atoms with Gasteiger partial charge in [-0.25, -0.2) is 10.2 Å². The molecule has 1 aromatic carbocycles. The predicted octanol–water partition coefficient (Wildman–Crippen LogP) is 2.72. The zero-order valence-electron chi connectivity index (χ0n) is 19.6. The number of nitrogens with zero attached hydrogens (tertiary/aromatic N) is 4. The number of carbonyl (C=O) groups is 2. The van der Waals surface area contributed by atoms with E-state index in [0.29, 0.717) is 35.0 Å². The van der Waals surface area contributed by atoms with Gasteiger partial charge in [0.05, 0.1) is 16.5 Å². The Labute approximate surface area is 205 Å². The molecule has 2 amide bonds. The molecule has 12 heteroatoms. The quantitative estimate of drug-likeness (QED) is 0.621. The highest BCUT2D eigenvalue weighted by Crippen LogP contribution is 2.75. The lowest BCUT2D eigenvalue weighted by Gasteiger charge is -2.28. The van der Waals surface area contributed by atoms with Crippen molar-refractivity contribution < 1.29 is 27.5 Å². The molecule has 2 saturated heterocycles. The van der Waals surface area contributed by atoms with Crippen LogP contribution in [0.2, 0.25) is 0 Å². The summed E-state index contributed by atoms with van der Waals surface area (Å²) in [7, 11) is 1.96. The number of nitrogens with one attached hydrogen (secondary N) is 2. The van der Waals surface area contributed by atoms with Crippen LogP contribution < -0.4 is 15.8 Å². The normalized spacial score (nSPS) is 26.2. The molecule has 0 spiro atoms. The number of amides is 2. The van der Waals surface area contributed by atoms with Crippen LogP contribution in [-0.2, 0) is 9.53 Å². The van der Waals surface area contributed by atoms with Crippen molar-refractivity contribution in [2.75, 3.05) is 38.1 Å². The van der Waals surface area contributed by atoms with Crippen LogP contribution in [0.5, 0.6) is 0 Å². The van der Waals surface area contributed by atoms with E-state index in [2.05, 4.69) is 20.7 Å². The van der Waals surface area contributed by atoms with Crippen molar-refractivity contribution in [2.45, 2.75) is 31.5 Å². The molecule has 2 aliphatic heterocycles. The first-order valence-electron chi connectivity index (χ1n) is 11.7. The zero-order valence-corrected chi connectivity index (χ0v) is 19.6.